The Balaban J connectivity index is -0.000000247. The summed E-state index contributed by atoms with van der Waals surface area (Å²) >= 11 is 0. The SMILES string of the molecule is CC(C)C(N)C(=O)O.O=C(O)C(F)(F)F.O=C(O)C(F)(F)F. The van der Waals surface area contributed by atoms with Crippen molar-refractivity contribution in [1.82, 2.24) is 0 Å². The molecule has 1 unspecified atom stereocenters. The number of hydrogen-bond donors (Lipinski definition) is 4. The molecule has 13 heteroatoms. The number of alkyl halides is 6. The van der Waals surface area contributed by atoms with Crippen molar-refractivity contribution in [1.29, 1.82) is 0 Å². The number of carboxylic acid groups (broad SMARTS) is 3. The van der Waals surface area contributed by atoms with E-state index in [0.717, 1.165) is 0 Å². The van der Waals surface area contributed by atoms with Crippen LogP contribution in [0.15, 0.2) is 0 Å². The third kappa shape index (κ3) is 16.0. The Kier molecular flexibility index (Phi) is 11.1. The van der Waals surface area contributed by atoms with Crippen LogP contribution in [0, 0.1) is 5.92 Å². The molecule has 0 saturated carbocycles. The Morgan fingerprint density at radius 2 is 1.00 bits per heavy atom. The predicted octanol–water partition coefficient (Wildman–Crippen LogP) is 1.32. The molecule has 0 heterocycles. The van der Waals surface area contributed by atoms with Crippen LogP contribution in [0.4, 0.5) is 26.3 Å². The second kappa shape index (κ2) is 9.81. The first kappa shape index (κ1) is 24.9. The number of aliphatic carboxylic acids is 3. The fourth-order valence-electron chi connectivity index (χ4n) is 0.285. The first-order valence-corrected chi connectivity index (χ1v) is 5.03. The van der Waals surface area contributed by atoms with Crippen molar-refractivity contribution in [2.45, 2.75) is 32.2 Å². The zero-order valence-corrected chi connectivity index (χ0v) is 11.1. The van der Waals surface area contributed by atoms with Crippen LogP contribution in [0.2, 0.25) is 0 Å². The van der Waals surface area contributed by atoms with Crippen molar-refractivity contribution < 1.29 is 56.0 Å². The lowest BCUT2D eigenvalue weighted by Crippen LogP contribution is -2.34. The van der Waals surface area contributed by atoms with E-state index in [2.05, 4.69) is 0 Å². The van der Waals surface area contributed by atoms with Gasteiger partial charge in [-0.15, -0.1) is 0 Å². The van der Waals surface area contributed by atoms with Gasteiger partial charge in [-0.1, -0.05) is 13.8 Å². The maximum Gasteiger partial charge on any atom is 0.490 e. The lowest BCUT2D eigenvalue weighted by molar-refractivity contribution is -0.193. The van der Waals surface area contributed by atoms with E-state index < -0.39 is 36.3 Å². The van der Waals surface area contributed by atoms with Gasteiger partial charge >= 0.3 is 30.3 Å². The minimum absolute atomic E-state index is 0.0208. The van der Waals surface area contributed by atoms with Crippen LogP contribution >= 0.6 is 0 Å². The van der Waals surface area contributed by atoms with E-state index >= 15 is 0 Å². The smallest absolute Gasteiger partial charge is 0.480 e. The van der Waals surface area contributed by atoms with E-state index in [0.29, 0.717) is 0 Å². The third-order valence-corrected chi connectivity index (χ3v) is 1.49. The number of hydrogen-bond acceptors (Lipinski definition) is 4. The highest BCUT2D eigenvalue weighted by Gasteiger charge is 2.38. The van der Waals surface area contributed by atoms with Gasteiger partial charge in [0.05, 0.1) is 0 Å². The molecular formula is C9H13F6NO6. The minimum atomic E-state index is -5.08. The Morgan fingerprint density at radius 3 is 1.00 bits per heavy atom. The van der Waals surface area contributed by atoms with Gasteiger partial charge in [0.1, 0.15) is 6.04 Å². The summed E-state index contributed by atoms with van der Waals surface area (Å²) in [4.78, 5) is 27.8. The van der Waals surface area contributed by atoms with Crippen molar-refractivity contribution >= 4 is 17.9 Å². The summed E-state index contributed by atoms with van der Waals surface area (Å²) in [6.07, 6.45) is -10.2. The quantitative estimate of drug-likeness (QED) is 0.554. The minimum Gasteiger partial charge on any atom is -0.480 e. The first-order valence-electron chi connectivity index (χ1n) is 5.03. The number of rotatable bonds is 2. The highest BCUT2D eigenvalue weighted by Crippen LogP contribution is 2.13. The fourth-order valence-corrected chi connectivity index (χ4v) is 0.285. The summed E-state index contributed by atoms with van der Waals surface area (Å²) in [6, 6.07) is -0.713. The van der Waals surface area contributed by atoms with Crippen molar-refractivity contribution in [3.05, 3.63) is 0 Å². The fraction of sp³-hybridized carbons (Fsp3) is 0.667. The van der Waals surface area contributed by atoms with Gasteiger partial charge in [0.15, 0.2) is 0 Å². The zero-order chi connectivity index (χ0) is 18.9. The molecule has 0 aliphatic carbocycles. The lowest BCUT2D eigenvalue weighted by atomic mass is 10.1. The molecule has 0 rings (SSSR count). The van der Waals surface area contributed by atoms with Crippen LogP contribution in [0.1, 0.15) is 13.8 Å². The lowest BCUT2D eigenvalue weighted by Gasteiger charge is -2.07. The molecule has 0 aromatic heterocycles. The molecule has 0 aliphatic heterocycles. The van der Waals surface area contributed by atoms with Gasteiger partial charge in [0.25, 0.3) is 0 Å². The van der Waals surface area contributed by atoms with Gasteiger partial charge in [-0.3, -0.25) is 4.79 Å². The maximum atomic E-state index is 10.6. The molecule has 0 fully saturated rings. The maximum absolute atomic E-state index is 10.6. The summed E-state index contributed by atoms with van der Waals surface area (Å²) in [6.45, 7) is 3.55. The number of halogens is 6. The molecule has 7 nitrogen and oxygen atoms in total. The topological polar surface area (TPSA) is 138 Å². The van der Waals surface area contributed by atoms with Crippen LogP contribution in [-0.2, 0) is 14.4 Å². The van der Waals surface area contributed by atoms with Gasteiger partial charge in [0.2, 0.25) is 0 Å². The van der Waals surface area contributed by atoms with Crippen LogP contribution < -0.4 is 5.73 Å². The average molecular weight is 345 g/mol. The molecule has 22 heavy (non-hydrogen) atoms. The normalized spacial score (nSPS) is 12.3. The van der Waals surface area contributed by atoms with E-state index in [1.807, 2.05) is 0 Å². The molecule has 0 amide bonds. The summed E-state index contributed by atoms with van der Waals surface area (Å²) in [5.41, 5.74) is 5.16. The summed E-state index contributed by atoms with van der Waals surface area (Å²) in [7, 11) is 0. The second-order valence-corrected chi connectivity index (χ2v) is 3.71. The van der Waals surface area contributed by atoms with Crippen molar-refractivity contribution in [3.63, 3.8) is 0 Å². The molecule has 1 atom stereocenters. The number of carboxylic acids is 3. The first-order chi connectivity index (χ1) is 9.44. The third-order valence-electron chi connectivity index (χ3n) is 1.49. The summed E-state index contributed by atoms with van der Waals surface area (Å²) in [5.74, 6) is -6.42. The second-order valence-electron chi connectivity index (χ2n) is 3.71. The molecule has 132 valence electrons. The summed E-state index contributed by atoms with van der Waals surface area (Å²) < 4.78 is 63.5. The molecule has 0 aliphatic rings. The highest BCUT2D eigenvalue weighted by molar-refractivity contribution is 5.73. The molecule has 0 bridgehead atoms. The van der Waals surface area contributed by atoms with Crippen molar-refractivity contribution in [3.8, 4) is 0 Å². The van der Waals surface area contributed by atoms with Crippen molar-refractivity contribution in [2.75, 3.05) is 0 Å². The van der Waals surface area contributed by atoms with E-state index in [1.54, 1.807) is 13.8 Å². The molecule has 0 radical (unpaired) electrons. The largest absolute Gasteiger partial charge is 0.490 e. The van der Waals surface area contributed by atoms with Gasteiger partial charge in [-0.25, -0.2) is 9.59 Å². The Bertz CT molecular complexity index is 354. The van der Waals surface area contributed by atoms with E-state index in [9.17, 15) is 31.1 Å². The highest BCUT2D eigenvalue weighted by atomic mass is 19.4. The zero-order valence-electron chi connectivity index (χ0n) is 11.1. The molecule has 0 spiro atoms. The average Bonchev–Trinajstić information content (AvgIpc) is 2.26. The molecule has 5 N–H and O–H groups in total. The molecule has 0 aromatic rings. The van der Waals surface area contributed by atoms with Gasteiger partial charge in [-0.2, -0.15) is 26.3 Å². The van der Waals surface area contributed by atoms with Gasteiger partial charge in [-0.05, 0) is 5.92 Å². The van der Waals surface area contributed by atoms with Crippen molar-refractivity contribution in [2.24, 2.45) is 11.7 Å². The van der Waals surface area contributed by atoms with E-state index in [4.69, 9.17) is 30.6 Å². The summed E-state index contributed by atoms with van der Waals surface area (Å²) in [5, 5.41) is 22.5. The number of nitrogens with two attached hydrogens (primary N) is 1. The number of carbonyl (C=O) groups is 3. The van der Waals surface area contributed by atoms with Gasteiger partial charge in [0, 0.05) is 0 Å². The van der Waals surface area contributed by atoms with E-state index in [1.165, 1.54) is 0 Å². The Labute approximate surface area is 119 Å². The molecular weight excluding hydrogens is 332 g/mol. The Hall–Kier alpha value is -2.05. The van der Waals surface area contributed by atoms with Crippen LogP contribution in [-0.4, -0.2) is 51.6 Å². The standard InChI is InChI=1S/C5H11NO2.2C2HF3O2/c1-3(2)4(6)5(7)8;2*3-2(4,5)1(6)7/h3-4H,6H2,1-2H3,(H,7,8);2*(H,6,7). The van der Waals surface area contributed by atoms with Crippen LogP contribution in [0.3, 0.4) is 0 Å². The van der Waals surface area contributed by atoms with Crippen LogP contribution in [0.5, 0.6) is 0 Å². The van der Waals surface area contributed by atoms with Crippen LogP contribution in [0.25, 0.3) is 0 Å². The van der Waals surface area contributed by atoms with E-state index in [-0.39, 0.29) is 5.92 Å². The van der Waals surface area contributed by atoms with Gasteiger partial charge < -0.3 is 21.1 Å². The Morgan fingerprint density at radius 1 is 0.818 bits per heavy atom. The predicted molar refractivity (Wildman–Crippen MR) is 57.8 cm³/mol. The monoisotopic (exact) mass is 345 g/mol. The molecule has 0 aromatic carbocycles. The molecule has 0 saturated heterocycles.